The molecule has 1 heteroatoms. The Morgan fingerprint density at radius 3 is 2.42 bits per heavy atom. The first-order valence-corrected chi connectivity index (χ1v) is 6.71. The lowest BCUT2D eigenvalue weighted by Crippen LogP contribution is -2.30. The Morgan fingerprint density at radius 2 is 1.75 bits per heavy atom. The van der Waals surface area contributed by atoms with Gasteiger partial charge in [0, 0.05) is 10.2 Å². The van der Waals surface area contributed by atoms with E-state index < -0.39 is 0 Å². The standard InChI is InChI=1S/C11H22Si/c1-9-3-2-4-10-5-7-11(9,12)8-6-10/h9-10H,2-8H2,1,12H3. The first kappa shape index (κ1) is 8.80. The van der Waals surface area contributed by atoms with Crippen LogP contribution in [0, 0.1) is 11.8 Å². The molecule has 3 aliphatic carbocycles. The normalized spacial score (nSPS) is 48.8. The maximum atomic E-state index is 2.51. The zero-order valence-electron chi connectivity index (χ0n) is 8.60. The van der Waals surface area contributed by atoms with Gasteiger partial charge in [0.15, 0.2) is 0 Å². The van der Waals surface area contributed by atoms with Crippen LogP contribution in [-0.4, -0.2) is 10.2 Å². The molecule has 0 amide bonds. The van der Waals surface area contributed by atoms with Gasteiger partial charge in [-0.05, 0) is 16.9 Å². The lowest BCUT2D eigenvalue weighted by molar-refractivity contribution is 0.180. The largest absolute Gasteiger partial charge is 0.0623 e. The molecular weight excluding hydrogens is 160 g/mol. The molecule has 1 atom stereocenters. The summed E-state index contributed by atoms with van der Waals surface area (Å²) in [5.41, 5.74) is 0. The van der Waals surface area contributed by atoms with E-state index in [1.54, 1.807) is 32.1 Å². The van der Waals surface area contributed by atoms with Gasteiger partial charge in [-0.15, -0.1) is 0 Å². The highest BCUT2D eigenvalue weighted by Crippen LogP contribution is 2.52. The van der Waals surface area contributed by atoms with Crippen LogP contribution in [0.3, 0.4) is 0 Å². The van der Waals surface area contributed by atoms with E-state index in [0.29, 0.717) is 0 Å². The zero-order valence-corrected chi connectivity index (χ0v) is 10.6. The molecule has 70 valence electrons. The van der Waals surface area contributed by atoms with Crippen LogP contribution < -0.4 is 0 Å². The fourth-order valence-electron chi connectivity index (χ4n) is 3.18. The third-order valence-corrected chi connectivity index (χ3v) is 6.67. The number of rotatable bonds is 0. The molecule has 0 aromatic heterocycles. The van der Waals surface area contributed by atoms with Gasteiger partial charge in [-0.25, -0.2) is 0 Å². The third kappa shape index (κ3) is 1.48. The summed E-state index contributed by atoms with van der Waals surface area (Å²) in [4.78, 5) is 0. The SMILES string of the molecule is CC1CCCC2CCC1([SiH3])CC2. The van der Waals surface area contributed by atoms with Crippen molar-refractivity contribution in [2.45, 2.75) is 56.9 Å². The van der Waals surface area contributed by atoms with E-state index in [4.69, 9.17) is 0 Å². The van der Waals surface area contributed by atoms with Gasteiger partial charge < -0.3 is 0 Å². The number of fused-ring (bicyclic) bond motifs is 5. The number of hydrogen-bond acceptors (Lipinski definition) is 0. The summed E-state index contributed by atoms with van der Waals surface area (Å²) in [5, 5.41) is 0.858. The quantitative estimate of drug-likeness (QED) is 0.505. The lowest BCUT2D eigenvalue weighted by Gasteiger charge is -2.44. The smallest absolute Gasteiger partial charge is 0.0110 e. The first-order valence-electron chi connectivity index (χ1n) is 5.71. The summed E-state index contributed by atoms with van der Waals surface area (Å²) in [6, 6.07) is 0. The van der Waals surface area contributed by atoms with Gasteiger partial charge in [0.1, 0.15) is 0 Å². The Kier molecular flexibility index (Phi) is 2.32. The molecule has 0 aromatic carbocycles. The minimum absolute atomic E-state index is 0.858. The van der Waals surface area contributed by atoms with Crippen molar-refractivity contribution in [3.05, 3.63) is 0 Å². The fourth-order valence-corrected chi connectivity index (χ4v) is 4.05. The molecule has 0 saturated heterocycles. The molecule has 0 N–H and O–H groups in total. The number of hydrogen-bond donors (Lipinski definition) is 0. The highest BCUT2D eigenvalue weighted by Gasteiger charge is 2.36. The van der Waals surface area contributed by atoms with Crippen molar-refractivity contribution in [2.24, 2.45) is 11.8 Å². The Balaban J connectivity index is 2.11. The van der Waals surface area contributed by atoms with E-state index in [9.17, 15) is 0 Å². The van der Waals surface area contributed by atoms with Crippen LogP contribution in [0.5, 0.6) is 0 Å². The van der Waals surface area contributed by atoms with Gasteiger partial charge >= 0.3 is 0 Å². The summed E-state index contributed by atoms with van der Waals surface area (Å²) in [5.74, 6) is 2.17. The van der Waals surface area contributed by atoms with Gasteiger partial charge in [-0.2, -0.15) is 0 Å². The predicted octanol–water partition coefficient (Wildman–Crippen LogP) is 2.52. The van der Waals surface area contributed by atoms with E-state index in [1.165, 1.54) is 23.1 Å². The van der Waals surface area contributed by atoms with Crippen LogP contribution in [-0.2, 0) is 0 Å². The van der Waals surface area contributed by atoms with E-state index in [-0.39, 0.29) is 0 Å². The van der Waals surface area contributed by atoms with Gasteiger partial charge in [-0.1, -0.05) is 51.9 Å². The molecule has 0 aliphatic heterocycles. The first-order chi connectivity index (χ1) is 5.71. The van der Waals surface area contributed by atoms with Gasteiger partial charge in [0.25, 0.3) is 0 Å². The second-order valence-corrected chi connectivity index (χ2v) is 7.42. The molecule has 3 fully saturated rings. The Hall–Kier alpha value is 0.217. The minimum Gasteiger partial charge on any atom is -0.0623 e. The Labute approximate surface area is 79.5 Å². The van der Waals surface area contributed by atoms with Crippen LogP contribution in [0.15, 0.2) is 0 Å². The molecule has 3 aliphatic rings. The third-order valence-electron chi connectivity index (χ3n) is 4.69. The molecule has 0 heterocycles. The summed E-state index contributed by atoms with van der Waals surface area (Å²) in [6.45, 7) is 2.51. The molecule has 0 radical (unpaired) electrons. The molecule has 0 spiro atoms. The van der Waals surface area contributed by atoms with Crippen molar-refractivity contribution >= 4 is 10.2 Å². The van der Waals surface area contributed by atoms with E-state index in [2.05, 4.69) is 6.92 Å². The topological polar surface area (TPSA) is 0 Å². The zero-order chi connectivity index (χ0) is 8.60. The van der Waals surface area contributed by atoms with Crippen LogP contribution in [0.1, 0.15) is 51.9 Å². The van der Waals surface area contributed by atoms with E-state index in [1.807, 2.05) is 0 Å². The van der Waals surface area contributed by atoms with Crippen LogP contribution in [0.4, 0.5) is 0 Å². The second-order valence-electron chi connectivity index (χ2n) is 5.43. The average molecular weight is 182 g/mol. The lowest BCUT2D eigenvalue weighted by atomic mass is 9.69. The second kappa shape index (κ2) is 3.17. The van der Waals surface area contributed by atoms with Crippen molar-refractivity contribution in [1.82, 2.24) is 0 Å². The van der Waals surface area contributed by atoms with Crippen molar-refractivity contribution < 1.29 is 0 Å². The van der Waals surface area contributed by atoms with Gasteiger partial charge in [-0.3, -0.25) is 0 Å². The molecule has 0 nitrogen and oxygen atoms in total. The van der Waals surface area contributed by atoms with Crippen LogP contribution >= 0.6 is 0 Å². The van der Waals surface area contributed by atoms with Crippen LogP contribution in [0.25, 0.3) is 0 Å². The summed E-state index contributed by atoms with van der Waals surface area (Å²) < 4.78 is 0. The highest BCUT2D eigenvalue weighted by atomic mass is 28.1. The van der Waals surface area contributed by atoms with Crippen molar-refractivity contribution in [1.29, 1.82) is 0 Å². The maximum absolute atomic E-state index is 2.51. The Bertz CT molecular complexity index is 156. The van der Waals surface area contributed by atoms with E-state index in [0.717, 1.165) is 16.9 Å². The monoisotopic (exact) mass is 182 g/mol. The minimum atomic E-state index is 0.858. The molecule has 2 bridgehead atoms. The molecule has 0 aromatic rings. The Morgan fingerprint density at radius 1 is 1.08 bits per heavy atom. The van der Waals surface area contributed by atoms with E-state index >= 15 is 0 Å². The molecular formula is C11H22Si. The predicted molar refractivity (Wildman–Crippen MR) is 57.6 cm³/mol. The molecule has 1 unspecified atom stereocenters. The summed E-state index contributed by atoms with van der Waals surface area (Å²) in [6.07, 6.45) is 10.9. The highest BCUT2D eigenvalue weighted by molar-refractivity contribution is 6.15. The van der Waals surface area contributed by atoms with Gasteiger partial charge in [0.2, 0.25) is 0 Å². The summed E-state index contributed by atoms with van der Waals surface area (Å²) >= 11 is 0. The molecule has 3 saturated carbocycles. The van der Waals surface area contributed by atoms with Crippen LogP contribution in [0.2, 0.25) is 5.04 Å². The average Bonchev–Trinajstić information content (AvgIpc) is 2.06. The summed E-state index contributed by atoms with van der Waals surface area (Å²) in [7, 11) is 1.45. The fraction of sp³-hybridized carbons (Fsp3) is 1.00. The van der Waals surface area contributed by atoms with Crippen molar-refractivity contribution in [3.63, 3.8) is 0 Å². The molecule has 3 rings (SSSR count). The van der Waals surface area contributed by atoms with Gasteiger partial charge in [0.05, 0.1) is 0 Å². The van der Waals surface area contributed by atoms with Crippen molar-refractivity contribution in [3.8, 4) is 0 Å². The molecule has 12 heavy (non-hydrogen) atoms. The maximum Gasteiger partial charge on any atom is 0.0110 e. The van der Waals surface area contributed by atoms with Crippen molar-refractivity contribution in [2.75, 3.05) is 0 Å².